The summed E-state index contributed by atoms with van der Waals surface area (Å²) >= 11 is 0. The van der Waals surface area contributed by atoms with Crippen molar-refractivity contribution in [3.63, 3.8) is 0 Å². The van der Waals surface area contributed by atoms with Crippen LogP contribution in [0.25, 0.3) is 0 Å². The fourth-order valence-electron chi connectivity index (χ4n) is 2.11. The third-order valence-electron chi connectivity index (χ3n) is 3.09. The van der Waals surface area contributed by atoms with Gasteiger partial charge in [-0.25, -0.2) is 0 Å². The summed E-state index contributed by atoms with van der Waals surface area (Å²) in [5.74, 6) is 3.67. The third kappa shape index (κ3) is 3.54. The Morgan fingerprint density at radius 3 is 1.40 bits per heavy atom. The van der Waals surface area contributed by atoms with Crippen molar-refractivity contribution >= 4 is 21.0 Å². The normalized spacial score (nSPS) is 28.1. The highest BCUT2D eigenvalue weighted by Crippen LogP contribution is 2.20. The van der Waals surface area contributed by atoms with Gasteiger partial charge in [0.05, 0.1) is 12.2 Å². The molecule has 15 heavy (non-hydrogen) atoms. The van der Waals surface area contributed by atoms with Crippen LogP contribution in [0.2, 0.25) is 0 Å². The largest absolute Gasteiger partial charge is 0.430 e. The van der Waals surface area contributed by atoms with Crippen LogP contribution in [0.4, 0.5) is 0 Å². The van der Waals surface area contributed by atoms with Crippen molar-refractivity contribution < 1.29 is 4.74 Å². The van der Waals surface area contributed by atoms with Crippen molar-refractivity contribution in [2.45, 2.75) is 37.9 Å². The molecule has 0 spiro atoms. The maximum atomic E-state index is 9.41. The van der Waals surface area contributed by atoms with Gasteiger partial charge in [-0.1, -0.05) is 0 Å². The standard InChI is InChI=1S/C10H18N2OS2/c11-14-5-1-9(2-6-14)13-10-3-7-15(12)8-4-10/h9-10H,1-8H2/q-2. The second kappa shape index (κ2) is 5.42. The van der Waals surface area contributed by atoms with E-state index in [2.05, 4.69) is 0 Å². The molecular formula is C10H18N2OS2-2. The summed E-state index contributed by atoms with van der Waals surface area (Å²) in [4.78, 5) is 0. The molecule has 5 heteroatoms. The molecule has 2 rings (SSSR count). The summed E-state index contributed by atoms with van der Waals surface area (Å²) in [7, 11) is -0.684. The maximum Gasteiger partial charge on any atom is 0.0545 e. The van der Waals surface area contributed by atoms with Gasteiger partial charge in [0.25, 0.3) is 0 Å². The van der Waals surface area contributed by atoms with Crippen molar-refractivity contribution in [2.24, 2.45) is 0 Å². The molecule has 0 radical (unpaired) electrons. The van der Waals surface area contributed by atoms with Crippen LogP contribution < -0.4 is 0 Å². The van der Waals surface area contributed by atoms with Crippen LogP contribution in [-0.2, 0) is 25.8 Å². The molecule has 2 heterocycles. The van der Waals surface area contributed by atoms with Gasteiger partial charge in [-0.15, -0.1) is 23.0 Å². The number of hydrogen-bond acceptors (Lipinski definition) is 5. The lowest BCUT2D eigenvalue weighted by molar-refractivity contribution is -0.0194. The summed E-state index contributed by atoms with van der Waals surface area (Å²) in [6, 6.07) is 0. The minimum Gasteiger partial charge on any atom is -0.430 e. The van der Waals surface area contributed by atoms with E-state index in [0.29, 0.717) is 12.2 Å². The van der Waals surface area contributed by atoms with Gasteiger partial charge < -0.3 is 35.0 Å². The summed E-state index contributed by atoms with van der Waals surface area (Å²) in [5.41, 5.74) is 0. The van der Waals surface area contributed by atoms with Crippen LogP contribution in [0.15, 0.2) is 0 Å². The zero-order valence-electron chi connectivity index (χ0n) is 8.93. The second-order valence-corrected chi connectivity index (χ2v) is 7.76. The van der Waals surface area contributed by atoms with E-state index in [1.807, 2.05) is 0 Å². The second-order valence-electron chi connectivity index (χ2n) is 4.28. The molecule has 2 aliphatic rings. The highest BCUT2D eigenvalue weighted by Gasteiger charge is 2.18. The van der Waals surface area contributed by atoms with Gasteiger partial charge in [0, 0.05) is 0 Å². The van der Waals surface area contributed by atoms with Crippen LogP contribution in [0.1, 0.15) is 25.7 Å². The molecule has 0 unspecified atom stereocenters. The highest BCUT2D eigenvalue weighted by atomic mass is 32.2. The smallest absolute Gasteiger partial charge is 0.0545 e. The predicted octanol–water partition coefficient (Wildman–Crippen LogP) is 1.52. The van der Waals surface area contributed by atoms with Crippen LogP contribution >= 0.6 is 0 Å². The summed E-state index contributed by atoms with van der Waals surface area (Å²) in [6.45, 7) is 0. The molecule has 2 fully saturated rings. The lowest BCUT2D eigenvalue weighted by Gasteiger charge is -2.35. The zero-order chi connectivity index (χ0) is 10.7. The molecule has 2 saturated heterocycles. The van der Waals surface area contributed by atoms with Crippen molar-refractivity contribution in [3.8, 4) is 0 Å². The van der Waals surface area contributed by atoms with Crippen LogP contribution in [-0.4, -0.2) is 35.2 Å². The summed E-state index contributed by atoms with van der Waals surface area (Å²) in [5, 5.41) is 0. The van der Waals surface area contributed by atoms with Crippen molar-refractivity contribution in [1.29, 1.82) is 9.22 Å². The fraction of sp³-hybridized carbons (Fsp3) is 1.00. The van der Waals surface area contributed by atoms with Gasteiger partial charge >= 0.3 is 0 Å². The number of nitrogens with zero attached hydrogens (tertiary/aromatic N) is 2. The molecule has 0 aromatic rings. The van der Waals surface area contributed by atoms with E-state index in [0.717, 1.165) is 48.7 Å². The number of hydrogen-bond donors (Lipinski definition) is 0. The van der Waals surface area contributed by atoms with Crippen molar-refractivity contribution in [2.75, 3.05) is 23.0 Å². The number of ether oxygens (including phenoxy) is 1. The van der Waals surface area contributed by atoms with E-state index < -0.39 is 0 Å². The molecule has 0 bridgehead atoms. The number of rotatable bonds is 2. The van der Waals surface area contributed by atoms with Crippen LogP contribution in [0, 0.1) is 9.22 Å². The van der Waals surface area contributed by atoms with Gasteiger partial charge in [-0.2, -0.15) is 0 Å². The molecule has 0 aliphatic carbocycles. The summed E-state index contributed by atoms with van der Waals surface area (Å²) < 4.78 is 24.8. The highest BCUT2D eigenvalue weighted by molar-refractivity contribution is 7.83. The Bertz CT molecular complexity index is 294. The Kier molecular flexibility index (Phi) is 4.18. The quantitative estimate of drug-likeness (QED) is 0.694. The Labute approximate surface area is 96.1 Å². The molecule has 0 amide bonds. The first-order valence-electron chi connectivity index (χ1n) is 5.62. The van der Waals surface area contributed by atoms with Crippen LogP contribution in [0.3, 0.4) is 0 Å². The van der Waals surface area contributed by atoms with Gasteiger partial charge in [0.2, 0.25) is 0 Å². The Hall–Kier alpha value is 0.0800. The van der Waals surface area contributed by atoms with Crippen LogP contribution in [0.5, 0.6) is 0 Å². The molecule has 2 aliphatic heterocycles. The van der Waals surface area contributed by atoms with Gasteiger partial charge in [0.1, 0.15) is 0 Å². The molecule has 0 atom stereocenters. The van der Waals surface area contributed by atoms with Crippen molar-refractivity contribution in [3.05, 3.63) is 0 Å². The molecular weight excluding hydrogens is 228 g/mol. The first kappa shape index (κ1) is 11.6. The topological polar surface area (TPSA) is 56.8 Å². The third-order valence-corrected chi connectivity index (χ3v) is 5.91. The first-order chi connectivity index (χ1) is 7.24. The SMILES string of the molecule is N#[S-]1CCC(OC2CC[S-](#N)CC2)CC1. The predicted molar refractivity (Wildman–Crippen MR) is 64.8 cm³/mol. The first-order valence-corrected chi connectivity index (χ1v) is 8.66. The molecule has 3 nitrogen and oxygen atoms in total. The zero-order valence-corrected chi connectivity index (χ0v) is 10.6. The van der Waals surface area contributed by atoms with Gasteiger partial charge in [-0.05, 0) is 25.7 Å². The average Bonchev–Trinajstić information content (AvgIpc) is 2.25. The minimum absolute atomic E-state index is 0.342. The fourth-order valence-corrected chi connectivity index (χ4v) is 4.66. The van der Waals surface area contributed by atoms with E-state index in [9.17, 15) is 9.22 Å². The van der Waals surface area contributed by atoms with E-state index in [1.54, 1.807) is 0 Å². The van der Waals surface area contributed by atoms with Crippen molar-refractivity contribution in [1.82, 2.24) is 0 Å². The maximum absolute atomic E-state index is 9.41. The van der Waals surface area contributed by atoms with E-state index >= 15 is 0 Å². The average molecular weight is 246 g/mol. The molecule has 0 aromatic carbocycles. The monoisotopic (exact) mass is 246 g/mol. The van der Waals surface area contributed by atoms with E-state index in [1.165, 1.54) is 0 Å². The molecule has 0 N–H and O–H groups in total. The Balaban J connectivity index is 1.74. The van der Waals surface area contributed by atoms with Gasteiger partial charge in [-0.3, -0.25) is 0 Å². The Morgan fingerprint density at radius 2 is 1.07 bits per heavy atom. The van der Waals surface area contributed by atoms with E-state index in [4.69, 9.17) is 4.74 Å². The minimum atomic E-state index is -0.342. The molecule has 0 aromatic heterocycles. The van der Waals surface area contributed by atoms with E-state index in [-0.39, 0.29) is 21.0 Å². The Morgan fingerprint density at radius 1 is 0.733 bits per heavy atom. The summed E-state index contributed by atoms with van der Waals surface area (Å²) in [6.07, 6.45) is 4.79. The van der Waals surface area contributed by atoms with Gasteiger partial charge in [0.15, 0.2) is 0 Å². The lowest BCUT2D eigenvalue weighted by Crippen LogP contribution is -2.32. The molecule has 88 valence electrons. The molecule has 0 saturated carbocycles. The lowest BCUT2D eigenvalue weighted by atomic mass is 10.1.